The third-order valence-electron chi connectivity index (χ3n) is 2.35. The highest BCUT2D eigenvalue weighted by Crippen LogP contribution is 2.21. The van der Waals surface area contributed by atoms with Gasteiger partial charge in [0.05, 0.1) is 0 Å². The van der Waals surface area contributed by atoms with Crippen LogP contribution in [0.2, 0.25) is 0 Å². The molecule has 2 heteroatoms. The Morgan fingerprint density at radius 1 is 1.06 bits per heavy atom. The number of hydrogen-bond acceptors (Lipinski definition) is 2. The van der Waals surface area contributed by atoms with Gasteiger partial charge in [-0.25, -0.2) is 0 Å². The van der Waals surface area contributed by atoms with E-state index in [1.807, 2.05) is 23.9 Å². The maximum absolute atomic E-state index is 11.8. The second-order valence-electron chi connectivity index (χ2n) is 5.25. The van der Waals surface area contributed by atoms with E-state index in [1.165, 1.54) is 4.90 Å². The van der Waals surface area contributed by atoms with Crippen LogP contribution in [0.15, 0.2) is 29.2 Å². The van der Waals surface area contributed by atoms with Crippen molar-refractivity contribution in [1.82, 2.24) is 0 Å². The molecule has 17 heavy (non-hydrogen) atoms. The summed E-state index contributed by atoms with van der Waals surface area (Å²) in [4.78, 5) is 13.1. The molecule has 0 N–H and O–H groups in total. The highest BCUT2D eigenvalue weighted by atomic mass is 32.2. The molecule has 1 aromatic carbocycles. The molecule has 0 aliphatic heterocycles. The van der Waals surface area contributed by atoms with E-state index < -0.39 is 0 Å². The zero-order valence-corrected chi connectivity index (χ0v) is 12.0. The highest BCUT2D eigenvalue weighted by Gasteiger charge is 2.08. The number of carbonyl (C=O) groups excluding carboxylic acids is 1. The summed E-state index contributed by atoms with van der Waals surface area (Å²) in [5.41, 5.74) is 0.840. The molecule has 0 amide bonds. The minimum absolute atomic E-state index is 0.250. The van der Waals surface area contributed by atoms with E-state index in [0.717, 1.165) is 11.3 Å². The van der Waals surface area contributed by atoms with Crippen molar-refractivity contribution < 1.29 is 4.79 Å². The van der Waals surface area contributed by atoms with Gasteiger partial charge in [-0.3, -0.25) is 4.79 Å². The van der Waals surface area contributed by atoms with Crippen LogP contribution in [0, 0.1) is 11.8 Å². The van der Waals surface area contributed by atoms with Crippen LogP contribution in [0.4, 0.5) is 0 Å². The summed E-state index contributed by atoms with van der Waals surface area (Å²) >= 11 is 1.85. The number of benzene rings is 1. The lowest BCUT2D eigenvalue weighted by Crippen LogP contribution is -2.03. The summed E-state index contributed by atoms with van der Waals surface area (Å²) in [5, 5.41) is 0. The molecule has 1 nitrogen and oxygen atoms in total. The van der Waals surface area contributed by atoms with Crippen LogP contribution >= 0.6 is 11.8 Å². The van der Waals surface area contributed by atoms with E-state index in [2.05, 4.69) is 39.8 Å². The maximum atomic E-state index is 11.8. The first-order valence-electron chi connectivity index (χ1n) is 6.25. The Labute approximate surface area is 109 Å². The van der Waals surface area contributed by atoms with Crippen molar-refractivity contribution >= 4 is 17.5 Å². The van der Waals surface area contributed by atoms with Crippen LogP contribution in [0.25, 0.3) is 0 Å². The molecule has 0 aromatic heterocycles. The minimum atomic E-state index is 0.250. The molecule has 0 aliphatic carbocycles. The van der Waals surface area contributed by atoms with E-state index in [-0.39, 0.29) is 5.78 Å². The number of carbonyl (C=O) groups is 1. The second-order valence-corrected chi connectivity index (χ2v) is 6.34. The van der Waals surface area contributed by atoms with Gasteiger partial charge in [0.2, 0.25) is 0 Å². The number of ketones is 1. The maximum Gasteiger partial charge on any atom is 0.163 e. The summed E-state index contributed by atoms with van der Waals surface area (Å²) in [6.07, 6.45) is 0.637. The Balaban J connectivity index is 2.58. The molecule has 0 unspecified atom stereocenters. The van der Waals surface area contributed by atoms with E-state index >= 15 is 0 Å². The van der Waals surface area contributed by atoms with Crippen LogP contribution < -0.4 is 0 Å². The standard InChI is InChI=1S/C15H22OS/c1-11(2)9-15(16)13-5-7-14(8-6-13)17-10-12(3)4/h5-8,11-12H,9-10H2,1-4H3. The summed E-state index contributed by atoms with van der Waals surface area (Å²) in [7, 11) is 0. The van der Waals surface area contributed by atoms with Crippen molar-refractivity contribution in [3.8, 4) is 0 Å². The van der Waals surface area contributed by atoms with Crippen molar-refractivity contribution in [2.45, 2.75) is 39.0 Å². The van der Waals surface area contributed by atoms with Crippen LogP contribution in [0.3, 0.4) is 0 Å². The quantitative estimate of drug-likeness (QED) is 0.539. The largest absolute Gasteiger partial charge is 0.294 e. The number of Topliss-reactive ketones (excluding diaryl/α,β-unsaturated/α-hetero) is 1. The van der Waals surface area contributed by atoms with Crippen molar-refractivity contribution in [3.05, 3.63) is 29.8 Å². The van der Waals surface area contributed by atoms with Crippen molar-refractivity contribution in [2.75, 3.05) is 5.75 Å². The first-order chi connectivity index (χ1) is 7.99. The molecule has 94 valence electrons. The van der Waals surface area contributed by atoms with Gasteiger partial charge < -0.3 is 0 Å². The fourth-order valence-electron chi connectivity index (χ4n) is 1.49. The lowest BCUT2D eigenvalue weighted by molar-refractivity contribution is 0.0968. The molecule has 0 spiro atoms. The molecule has 0 fully saturated rings. The van der Waals surface area contributed by atoms with Gasteiger partial charge in [0.25, 0.3) is 0 Å². The van der Waals surface area contributed by atoms with Gasteiger partial charge in [-0.2, -0.15) is 0 Å². The predicted molar refractivity (Wildman–Crippen MR) is 75.8 cm³/mol. The zero-order chi connectivity index (χ0) is 12.8. The SMILES string of the molecule is CC(C)CSc1ccc(C(=O)CC(C)C)cc1. The topological polar surface area (TPSA) is 17.1 Å². The highest BCUT2D eigenvalue weighted by molar-refractivity contribution is 7.99. The molecule has 0 heterocycles. The van der Waals surface area contributed by atoms with E-state index in [0.29, 0.717) is 18.3 Å². The molecule has 0 atom stereocenters. The lowest BCUT2D eigenvalue weighted by Gasteiger charge is -2.06. The third kappa shape index (κ3) is 5.40. The zero-order valence-electron chi connectivity index (χ0n) is 11.2. The van der Waals surface area contributed by atoms with E-state index in [4.69, 9.17) is 0 Å². The number of rotatable bonds is 6. The summed E-state index contributed by atoms with van der Waals surface area (Å²) in [6.45, 7) is 8.58. The molecular formula is C15H22OS. The van der Waals surface area contributed by atoms with Gasteiger partial charge in [-0.15, -0.1) is 11.8 Å². The number of hydrogen-bond donors (Lipinski definition) is 0. The van der Waals surface area contributed by atoms with Crippen LogP contribution in [0.1, 0.15) is 44.5 Å². The fraction of sp³-hybridized carbons (Fsp3) is 0.533. The Kier molecular flexibility index (Phi) is 5.76. The average molecular weight is 250 g/mol. The van der Waals surface area contributed by atoms with Crippen LogP contribution in [-0.4, -0.2) is 11.5 Å². The molecule has 0 saturated heterocycles. The monoisotopic (exact) mass is 250 g/mol. The van der Waals surface area contributed by atoms with Crippen LogP contribution in [0.5, 0.6) is 0 Å². The van der Waals surface area contributed by atoms with Gasteiger partial charge in [-0.05, 0) is 24.0 Å². The van der Waals surface area contributed by atoms with Gasteiger partial charge in [0.15, 0.2) is 5.78 Å². The van der Waals surface area contributed by atoms with Crippen molar-refractivity contribution in [3.63, 3.8) is 0 Å². The third-order valence-corrected chi connectivity index (χ3v) is 3.79. The van der Waals surface area contributed by atoms with Gasteiger partial charge in [-0.1, -0.05) is 39.8 Å². The summed E-state index contributed by atoms with van der Waals surface area (Å²) in [5.74, 6) is 2.50. The summed E-state index contributed by atoms with van der Waals surface area (Å²) in [6, 6.07) is 8.02. The Morgan fingerprint density at radius 3 is 2.12 bits per heavy atom. The lowest BCUT2D eigenvalue weighted by atomic mass is 10.0. The first-order valence-corrected chi connectivity index (χ1v) is 7.23. The van der Waals surface area contributed by atoms with Gasteiger partial charge in [0.1, 0.15) is 0 Å². The summed E-state index contributed by atoms with van der Waals surface area (Å²) < 4.78 is 0. The Hall–Kier alpha value is -0.760. The molecule has 0 aliphatic rings. The molecule has 0 saturated carbocycles. The molecule has 1 aromatic rings. The van der Waals surface area contributed by atoms with Gasteiger partial charge in [0, 0.05) is 22.6 Å². The van der Waals surface area contributed by atoms with Crippen molar-refractivity contribution in [1.29, 1.82) is 0 Å². The molecular weight excluding hydrogens is 228 g/mol. The van der Waals surface area contributed by atoms with E-state index in [9.17, 15) is 4.79 Å². The fourth-order valence-corrected chi connectivity index (χ4v) is 2.34. The first kappa shape index (κ1) is 14.3. The average Bonchev–Trinajstić information content (AvgIpc) is 2.26. The van der Waals surface area contributed by atoms with Gasteiger partial charge >= 0.3 is 0 Å². The number of thioether (sulfide) groups is 1. The Morgan fingerprint density at radius 2 is 1.65 bits per heavy atom. The molecule has 0 bridgehead atoms. The molecule has 1 rings (SSSR count). The minimum Gasteiger partial charge on any atom is -0.294 e. The van der Waals surface area contributed by atoms with Crippen molar-refractivity contribution in [2.24, 2.45) is 11.8 Å². The van der Waals surface area contributed by atoms with Crippen LogP contribution in [-0.2, 0) is 0 Å². The Bertz CT molecular complexity index is 352. The normalized spacial score (nSPS) is 11.2. The second kappa shape index (κ2) is 6.85. The smallest absolute Gasteiger partial charge is 0.163 e. The predicted octanol–water partition coefficient (Wildman–Crippen LogP) is 4.66. The van der Waals surface area contributed by atoms with E-state index in [1.54, 1.807) is 0 Å². The molecule has 0 radical (unpaired) electrons.